The molecule has 1 atom stereocenters. The molecule has 1 aliphatic heterocycles. The van der Waals surface area contributed by atoms with Crippen LogP contribution in [0.5, 0.6) is 0 Å². The van der Waals surface area contributed by atoms with Gasteiger partial charge in [-0.25, -0.2) is 4.98 Å². The van der Waals surface area contributed by atoms with Crippen molar-refractivity contribution in [1.29, 1.82) is 0 Å². The normalized spacial score (nSPS) is 16.2. The van der Waals surface area contributed by atoms with Gasteiger partial charge in [0, 0.05) is 36.6 Å². The number of benzene rings is 2. The van der Waals surface area contributed by atoms with E-state index < -0.39 is 0 Å². The maximum absolute atomic E-state index is 13.1. The predicted octanol–water partition coefficient (Wildman–Crippen LogP) is 5.68. The zero-order valence-corrected chi connectivity index (χ0v) is 19.0. The smallest absolute Gasteiger partial charge is 0.225 e. The van der Waals surface area contributed by atoms with Gasteiger partial charge in [0.05, 0.1) is 17.3 Å². The maximum Gasteiger partial charge on any atom is 0.225 e. The number of pyridine rings is 1. The Kier molecular flexibility index (Phi) is 6.38. The molecule has 1 aromatic heterocycles. The molecule has 2 aromatic carbocycles. The Morgan fingerprint density at radius 1 is 1.16 bits per heavy atom. The third kappa shape index (κ3) is 4.80. The third-order valence-corrected chi connectivity index (χ3v) is 6.06. The van der Waals surface area contributed by atoms with Gasteiger partial charge in [-0.05, 0) is 56.0 Å². The molecular formula is C27H32N2O2. The molecule has 0 aliphatic carbocycles. The number of ether oxygens (including phenoxy) is 1. The largest absolute Gasteiger partial charge is 0.376 e. The summed E-state index contributed by atoms with van der Waals surface area (Å²) in [6.07, 6.45) is 2.21. The molecule has 1 aliphatic rings. The van der Waals surface area contributed by atoms with Crippen molar-refractivity contribution < 1.29 is 9.53 Å². The highest BCUT2D eigenvalue weighted by molar-refractivity contribution is 5.85. The number of fused-ring (bicyclic) bond motifs is 1. The van der Waals surface area contributed by atoms with Gasteiger partial charge in [0.25, 0.3) is 0 Å². The van der Waals surface area contributed by atoms with Gasteiger partial charge in [0.15, 0.2) is 0 Å². The lowest BCUT2D eigenvalue weighted by molar-refractivity contribution is -0.136. The Hall–Kier alpha value is -2.72. The second-order valence-electron chi connectivity index (χ2n) is 9.02. The number of hydrogen-bond donors (Lipinski definition) is 0. The molecule has 162 valence electrons. The van der Waals surface area contributed by atoms with Crippen molar-refractivity contribution in [3.8, 4) is 11.3 Å². The highest BCUT2D eigenvalue weighted by Crippen LogP contribution is 2.30. The van der Waals surface area contributed by atoms with E-state index in [0.29, 0.717) is 13.1 Å². The molecule has 0 N–H and O–H groups in total. The lowest BCUT2D eigenvalue weighted by atomic mass is 9.98. The van der Waals surface area contributed by atoms with Crippen LogP contribution in [0.25, 0.3) is 22.2 Å². The van der Waals surface area contributed by atoms with Crippen LogP contribution in [0.4, 0.5) is 0 Å². The summed E-state index contributed by atoms with van der Waals surface area (Å²) in [6.45, 7) is 10.1. The molecule has 0 spiro atoms. The van der Waals surface area contributed by atoms with Gasteiger partial charge in [-0.2, -0.15) is 0 Å². The van der Waals surface area contributed by atoms with E-state index in [2.05, 4.69) is 62.4 Å². The van der Waals surface area contributed by atoms with Crippen molar-refractivity contribution in [3.63, 3.8) is 0 Å². The van der Waals surface area contributed by atoms with Crippen LogP contribution in [-0.4, -0.2) is 35.0 Å². The average Bonchev–Trinajstić information content (AvgIpc) is 3.26. The molecule has 0 bridgehead atoms. The summed E-state index contributed by atoms with van der Waals surface area (Å²) >= 11 is 0. The molecule has 1 unspecified atom stereocenters. The number of rotatable bonds is 6. The number of nitrogens with zero attached hydrogens (tertiary/aromatic N) is 2. The molecule has 4 heteroatoms. The molecule has 31 heavy (non-hydrogen) atoms. The van der Waals surface area contributed by atoms with Crippen molar-refractivity contribution in [2.75, 3.05) is 13.2 Å². The highest BCUT2D eigenvalue weighted by Gasteiger charge is 2.25. The van der Waals surface area contributed by atoms with Crippen LogP contribution in [0.2, 0.25) is 0 Å². The fourth-order valence-corrected chi connectivity index (χ4v) is 4.37. The predicted molar refractivity (Wildman–Crippen MR) is 126 cm³/mol. The molecule has 0 saturated carbocycles. The Bertz CT molecular complexity index is 1080. The summed E-state index contributed by atoms with van der Waals surface area (Å²) in [5, 5.41) is 1.11. The van der Waals surface area contributed by atoms with Gasteiger partial charge in [0.1, 0.15) is 0 Å². The molecule has 1 amide bonds. The van der Waals surface area contributed by atoms with Gasteiger partial charge in [-0.15, -0.1) is 0 Å². The van der Waals surface area contributed by atoms with Gasteiger partial charge in [-0.1, -0.05) is 49.7 Å². The van der Waals surface area contributed by atoms with Crippen molar-refractivity contribution in [2.45, 2.75) is 53.2 Å². The topological polar surface area (TPSA) is 42.4 Å². The first kappa shape index (κ1) is 21.5. The number of amides is 1. The summed E-state index contributed by atoms with van der Waals surface area (Å²) in [4.78, 5) is 20.2. The van der Waals surface area contributed by atoms with Crippen LogP contribution in [0, 0.1) is 19.8 Å². The minimum Gasteiger partial charge on any atom is -0.376 e. The van der Waals surface area contributed by atoms with Crippen molar-refractivity contribution >= 4 is 16.8 Å². The number of carbonyl (C=O) groups excluding carboxylic acids is 1. The number of hydrogen-bond acceptors (Lipinski definition) is 3. The van der Waals surface area contributed by atoms with Crippen LogP contribution >= 0.6 is 0 Å². The second-order valence-corrected chi connectivity index (χ2v) is 9.02. The van der Waals surface area contributed by atoms with Crippen molar-refractivity contribution in [1.82, 2.24) is 9.88 Å². The number of carbonyl (C=O) groups is 1. The molecule has 4 nitrogen and oxygen atoms in total. The molecule has 4 rings (SSSR count). The SMILES string of the molecule is Cc1ccc2nc(-c3ccccc3C)c(CN(CC3CCCO3)C(=O)C(C)C)cc2c1. The third-order valence-electron chi connectivity index (χ3n) is 6.06. The second kappa shape index (κ2) is 9.19. The number of aryl methyl sites for hydroxylation is 2. The van der Waals surface area contributed by atoms with E-state index in [1.807, 2.05) is 18.7 Å². The van der Waals surface area contributed by atoms with E-state index in [-0.39, 0.29) is 17.9 Å². The lowest BCUT2D eigenvalue weighted by Gasteiger charge is -2.28. The van der Waals surface area contributed by atoms with Gasteiger partial charge < -0.3 is 9.64 Å². The van der Waals surface area contributed by atoms with Crippen LogP contribution in [0.15, 0.2) is 48.5 Å². The quantitative estimate of drug-likeness (QED) is 0.519. The van der Waals surface area contributed by atoms with E-state index in [1.165, 1.54) is 11.1 Å². The zero-order chi connectivity index (χ0) is 22.0. The summed E-state index contributed by atoms with van der Waals surface area (Å²) in [5.41, 5.74) is 6.53. The van der Waals surface area contributed by atoms with E-state index >= 15 is 0 Å². The zero-order valence-electron chi connectivity index (χ0n) is 19.0. The summed E-state index contributed by atoms with van der Waals surface area (Å²) in [7, 11) is 0. The van der Waals surface area contributed by atoms with Crippen LogP contribution in [0.1, 0.15) is 43.4 Å². The highest BCUT2D eigenvalue weighted by atomic mass is 16.5. The average molecular weight is 417 g/mol. The van der Waals surface area contributed by atoms with E-state index in [9.17, 15) is 4.79 Å². The van der Waals surface area contributed by atoms with Gasteiger partial charge in [0.2, 0.25) is 5.91 Å². The fraction of sp³-hybridized carbons (Fsp3) is 0.407. The molecule has 2 heterocycles. The first-order valence-electron chi connectivity index (χ1n) is 11.3. The monoisotopic (exact) mass is 416 g/mol. The standard InChI is InChI=1S/C27H32N2O2/c1-18(2)27(30)29(17-23-9-7-13-31-23)16-22-15-21-14-19(3)11-12-25(21)28-26(22)24-10-6-5-8-20(24)4/h5-6,8,10-12,14-15,18,23H,7,9,13,16-17H2,1-4H3. The van der Waals surface area contributed by atoms with E-state index in [1.54, 1.807) is 0 Å². The van der Waals surface area contributed by atoms with E-state index in [4.69, 9.17) is 9.72 Å². The Morgan fingerprint density at radius 3 is 2.68 bits per heavy atom. The summed E-state index contributed by atoms with van der Waals surface area (Å²) < 4.78 is 5.86. The molecule has 1 saturated heterocycles. The summed E-state index contributed by atoms with van der Waals surface area (Å²) in [6, 6.07) is 16.9. The fourth-order valence-electron chi connectivity index (χ4n) is 4.37. The molecular weight excluding hydrogens is 384 g/mol. The molecule has 0 radical (unpaired) electrons. The first-order chi connectivity index (χ1) is 14.9. The van der Waals surface area contributed by atoms with Gasteiger partial charge >= 0.3 is 0 Å². The van der Waals surface area contributed by atoms with Crippen LogP contribution in [0.3, 0.4) is 0 Å². The van der Waals surface area contributed by atoms with E-state index in [0.717, 1.165) is 47.2 Å². The Labute approximate surface area is 185 Å². The van der Waals surface area contributed by atoms with Crippen LogP contribution in [-0.2, 0) is 16.1 Å². The van der Waals surface area contributed by atoms with Crippen molar-refractivity contribution in [3.05, 3.63) is 65.2 Å². The van der Waals surface area contributed by atoms with Crippen molar-refractivity contribution in [2.24, 2.45) is 5.92 Å². The molecule has 3 aromatic rings. The number of aromatic nitrogens is 1. The maximum atomic E-state index is 13.1. The Balaban J connectivity index is 1.79. The van der Waals surface area contributed by atoms with Crippen LogP contribution < -0.4 is 0 Å². The minimum atomic E-state index is -0.0565. The van der Waals surface area contributed by atoms with Gasteiger partial charge in [-0.3, -0.25) is 4.79 Å². The Morgan fingerprint density at radius 2 is 1.97 bits per heavy atom. The minimum absolute atomic E-state index is 0.0565. The first-order valence-corrected chi connectivity index (χ1v) is 11.3. The summed E-state index contributed by atoms with van der Waals surface area (Å²) in [5.74, 6) is 0.106. The molecule has 1 fully saturated rings. The lowest BCUT2D eigenvalue weighted by Crippen LogP contribution is -2.39.